The maximum atomic E-state index is 12.6. The number of carbonyl (C=O) groups excluding carboxylic acids is 1. The molecule has 1 fully saturated rings. The lowest BCUT2D eigenvalue weighted by Crippen LogP contribution is -2.35. The zero-order valence-corrected chi connectivity index (χ0v) is 12.2. The van der Waals surface area contributed by atoms with Crippen LogP contribution in [0.25, 0.3) is 11.1 Å². The van der Waals surface area contributed by atoms with E-state index in [0.717, 1.165) is 43.7 Å². The highest BCUT2D eigenvalue weighted by molar-refractivity contribution is 5.92. The smallest absolute Gasteiger partial charge is 0.289 e. The van der Waals surface area contributed by atoms with Gasteiger partial charge in [-0.3, -0.25) is 4.79 Å². The third kappa shape index (κ3) is 3.03. The van der Waals surface area contributed by atoms with E-state index in [0.29, 0.717) is 11.7 Å². The van der Waals surface area contributed by atoms with Crippen molar-refractivity contribution in [3.8, 4) is 11.1 Å². The molecule has 1 saturated heterocycles. The first-order chi connectivity index (χ1) is 10.3. The number of nitrogens with one attached hydrogen (secondary N) is 1. The minimum absolute atomic E-state index is 0.0353. The van der Waals surface area contributed by atoms with E-state index < -0.39 is 0 Å². The standard InChI is InChI=1S/C16H20N2O3/c1-2-12-8-17-4-5-18(9-12)16(19)15-7-14(11-21-15)13-3-6-20-10-13/h3,6-7,10-12,17H,2,4-5,8-9H2,1H3. The number of rotatable bonds is 3. The topological polar surface area (TPSA) is 58.6 Å². The van der Waals surface area contributed by atoms with Gasteiger partial charge in [0.2, 0.25) is 0 Å². The zero-order chi connectivity index (χ0) is 14.7. The van der Waals surface area contributed by atoms with E-state index in [2.05, 4.69) is 12.2 Å². The predicted octanol–water partition coefficient (Wildman–Crippen LogP) is 2.61. The summed E-state index contributed by atoms with van der Waals surface area (Å²) in [7, 11) is 0. The predicted molar refractivity (Wildman–Crippen MR) is 79.0 cm³/mol. The van der Waals surface area contributed by atoms with Crippen LogP contribution >= 0.6 is 0 Å². The van der Waals surface area contributed by atoms with Crippen LogP contribution in [0.2, 0.25) is 0 Å². The second-order valence-corrected chi connectivity index (χ2v) is 5.44. The second kappa shape index (κ2) is 6.18. The molecule has 2 aromatic heterocycles. The van der Waals surface area contributed by atoms with Crippen LogP contribution < -0.4 is 5.32 Å². The average Bonchev–Trinajstić information content (AvgIpc) is 3.13. The molecule has 1 aliphatic rings. The van der Waals surface area contributed by atoms with Gasteiger partial charge in [-0.25, -0.2) is 0 Å². The van der Waals surface area contributed by atoms with E-state index in [4.69, 9.17) is 8.83 Å². The molecule has 0 aromatic carbocycles. The Morgan fingerprint density at radius 1 is 1.43 bits per heavy atom. The monoisotopic (exact) mass is 288 g/mol. The van der Waals surface area contributed by atoms with Gasteiger partial charge in [0, 0.05) is 30.8 Å². The van der Waals surface area contributed by atoms with Gasteiger partial charge in [-0.2, -0.15) is 0 Å². The molecule has 1 atom stereocenters. The van der Waals surface area contributed by atoms with E-state index in [1.807, 2.05) is 11.0 Å². The van der Waals surface area contributed by atoms with Crippen LogP contribution in [0.1, 0.15) is 23.9 Å². The first kappa shape index (κ1) is 13.9. The summed E-state index contributed by atoms with van der Waals surface area (Å²) >= 11 is 0. The van der Waals surface area contributed by atoms with E-state index in [-0.39, 0.29) is 5.91 Å². The highest BCUT2D eigenvalue weighted by Gasteiger charge is 2.24. The van der Waals surface area contributed by atoms with Gasteiger partial charge >= 0.3 is 0 Å². The summed E-state index contributed by atoms with van der Waals surface area (Å²) in [5, 5.41) is 3.38. The maximum absolute atomic E-state index is 12.6. The highest BCUT2D eigenvalue weighted by atomic mass is 16.3. The summed E-state index contributed by atoms with van der Waals surface area (Å²) < 4.78 is 10.5. The Bertz CT molecular complexity index is 588. The molecule has 0 radical (unpaired) electrons. The van der Waals surface area contributed by atoms with E-state index in [1.54, 1.807) is 24.9 Å². The maximum Gasteiger partial charge on any atom is 0.289 e. The van der Waals surface area contributed by atoms with Crippen LogP contribution in [0.4, 0.5) is 0 Å². The fourth-order valence-electron chi connectivity index (χ4n) is 2.63. The molecule has 0 bridgehead atoms. The first-order valence-corrected chi connectivity index (χ1v) is 7.39. The third-order valence-electron chi connectivity index (χ3n) is 4.00. The Morgan fingerprint density at radius 3 is 3.10 bits per heavy atom. The molecule has 1 N–H and O–H groups in total. The van der Waals surface area contributed by atoms with Crippen molar-refractivity contribution in [2.24, 2.45) is 5.92 Å². The van der Waals surface area contributed by atoms with Crippen molar-refractivity contribution in [3.63, 3.8) is 0 Å². The second-order valence-electron chi connectivity index (χ2n) is 5.44. The molecule has 3 heterocycles. The Morgan fingerprint density at radius 2 is 2.33 bits per heavy atom. The number of amides is 1. The van der Waals surface area contributed by atoms with Gasteiger partial charge in [0.25, 0.3) is 5.91 Å². The minimum atomic E-state index is -0.0353. The van der Waals surface area contributed by atoms with E-state index >= 15 is 0 Å². The first-order valence-electron chi connectivity index (χ1n) is 7.39. The number of hydrogen-bond donors (Lipinski definition) is 1. The Hall–Kier alpha value is -2.01. The molecule has 5 nitrogen and oxygen atoms in total. The van der Waals surface area contributed by atoms with Crippen LogP contribution in [0.3, 0.4) is 0 Å². The summed E-state index contributed by atoms with van der Waals surface area (Å²) in [6, 6.07) is 3.63. The molecule has 2 aromatic rings. The van der Waals surface area contributed by atoms with Gasteiger partial charge in [-0.05, 0) is 24.6 Å². The largest absolute Gasteiger partial charge is 0.472 e. The SMILES string of the molecule is CCC1CNCCN(C(=O)c2cc(-c3ccoc3)co2)C1. The molecule has 5 heteroatoms. The van der Waals surface area contributed by atoms with Gasteiger partial charge in [0.15, 0.2) is 5.76 Å². The summed E-state index contributed by atoms with van der Waals surface area (Å²) in [5.74, 6) is 0.856. The van der Waals surface area contributed by atoms with Gasteiger partial charge < -0.3 is 19.1 Å². The highest BCUT2D eigenvalue weighted by Crippen LogP contribution is 2.23. The molecular formula is C16H20N2O3. The lowest BCUT2D eigenvalue weighted by molar-refractivity contribution is 0.0714. The number of hydrogen-bond acceptors (Lipinski definition) is 4. The van der Waals surface area contributed by atoms with Gasteiger partial charge in [0.1, 0.15) is 0 Å². The van der Waals surface area contributed by atoms with Crippen molar-refractivity contribution >= 4 is 5.91 Å². The zero-order valence-electron chi connectivity index (χ0n) is 12.2. The van der Waals surface area contributed by atoms with E-state index in [1.165, 1.54) is 0 Å². The van der Waals surface area contributed by atoms with Gasteiger partial charge in [0.05, 0.1) is 18.8 Å². The molecule has 3 rings (SSSR count). The molecule has 0 spiro atoms. The summed E-state index contributed by atoms with van der Waals surface area (Å²) in [6.07, 6.45) is 5.92. The fraction of sp³-hybridized carbons (Fsp3) is 0.438. The molecule has 21 heavy (non-hydrogen) atoms. The third-order valence-corrected chi connectivity index (χ3v) is 4.00. The molecule has 112 valence electrons. The van der Waals surface area contributed by atoms with Crippen molar-refractivity contribution in [1.82, 2.24) is 10.2 Å². The number of nitrogens with zero attached hydrogens (tertiary/aromatic N) is 1. The van der Waals surface area contributed by atoms with Crippen LogP contribution in [-0.2, 0) is 0 Å². The van der Waals surface area contributed by atoms with Crippen molar-refractivity contribution in [3.05, 3.63) is 36.7 Å². The minimum Gasteiger partial charge on any atom is -0.472 e. The number of carbonyl (C=O) groups is 1. The molecule has 1 amide bonds. The van der Waals surface area contributed by atoms with Crippen LogP contribution in [0.5, 0.6) is 0 Å². The normalized spacial score (nSPS) is 19.5. The molecule has 1 unspecified atom stereocenters. The average molecular weight is 288 g/mol. The van der Waals surface area contributed by atoms with Crippen molar-refractivity contribution in [2.45, 2.75) is 13.3 Å². The van der Waals surface area contributed by atoms with Crippen molar-refractivity contribution in [1.29, 1.82) is 0 Å². The lowest BCUT2D eigenvalue weighted by atomic mass is 10.1. The van der Waals surface area contributed by atoms with Crippen molar-refractivity contribution < 1.29 is 13.6 Å². The number of furan rings is 2. The lowest BCUT2D eigenvalue weighted by Gasteiger charge is -2.22. The van der Waals surface area contributed by atoms with Crippen LogP contribution in [-0.4, -0.2) is 37.0 Å². The van der Waals surface area contributed by atoms with Crippen LogP contribution in [0.15, 0.2) is 39.8 Å². The molecule has 0 aliphatic carbocycles. The molecular weight excluding hydrogens is 268 g/mol. The van der Waals surface area contributed by atoms with Gasteiger partial charge in [-0.1, -0.05) is 13.3 Å². The Labute approximate surface area is 123 Å². The summed E-state index contributed by atoms with van der Waals surface area (Å²) in [4.78, 5) is 14.5. The quantitative estimate of drug-likeness (QED) is 0.943. The molecule has 0 saturated carbocycles. The van der Waals surface area contributed by atoms with Crippen molar-refractivity contribution in [2.75, 3.05) is 26.2 Å². The van der Waals surface area contributed by atoms with Gasteiger partial charge in [-0.15, -0.1) is 0 Å². The summed E-state index contributed by atoms with van der Waals surface area (Å²) in [6.45, 7) is 5.46. The Kier molecular flexibility index (Phi) is 4.10. The molecule has 1 aliphatic heterocycles. The summed E-state index contributed by atoms with van der Waals surface area (Å²) in [5.41, 5.74) is 1.79. The fourth-order valence-corrected chi connectivity index (χ4v) is 2.63. The Balaban J connectivity index is 1.75. The van der Waals surface area contributed by atoms with E-state index in [9.17, 15) is 4.79 Å². The van der Waals surface area contributed by atoms with Crippen LogP contribution in [0, 0.1) is 5.92 Å².